The summed E-state index contributed by atoms with van der Waals surface area (Å²) in [5.41, 5.74) is 4.17. The van der Waals surface area contributed by atoms with E-state index in [1.165, 1.54) is 12.1 Å². The zero-order chi connectivity index (χ0) is 25.3. The summed E-state index contributed by atoms with van der Waals surface area (Å²) in [5.74, 6) is 0.145. The summed E-state index contributed by atoms with van der Waals surface area (Å²) < 4.78 is 33.0. The Balaban J connectivity index is 1.58. The molecule has 0 aliphatic carbocycles. The summed E-state index contributed by atoms with van der Waals surface area (Å²) in [6.45, 7) is 10.6. The number of hydrogen-bond acceptors (Lipinski definition) is 5. The Morgan fingerprint density at radius 3 is 2.54 bits per heavy atom. The molecule has 0 unspecified atom stereocenters. The van der Waals surface area contributed by atoms with Crippen molar-refractivity contribution in [1.29, 1.82) is 0 Å². The first-order valence-electron chi connectivity index (χ1n) is 11.2. The van der Waals surface area contributed by atoms with E-state index in [-0.39, 0.29) is 12.0 Å². The number of nitrogens with zero attached hydrogens (tertiary/aromatic N) is 4. The summed E-state index contributed by atoms with van der Waals surface area (Å²) in [4.78, 5) is 15.7. The van der Waals surface area contributed by atoms with Crippen LogP contribution >= 0.6 is 11.6 Å². The second-order valence-electron chi connectivity index (χ2n) is 9.58. The minimum atomic E-state index is -0.628. The Labute approximate surface area is 209 Å². The monoisotopic (exact) mass is 496 g/mol. The van der Waals surface area contributed by atoms with Crippen molar-refractivity contribution in [2.45, 2.75) is 46.6 Å². The van der Waals surface area contributed by atoms with Gasteiger partial charge in [0.15, 0.2) is 0 Å². The first kappa shape index (κ1) is 24.8. The fourth-order valence-electron chi connectivity index (χ4n) is 3.70. The lowest BCUT2D eigenvalue weighted by molar-refractivity contribution is 0.202. The summed E-state index contributed by atoms with van der Waals surface area (Å²) >= 11 is 6.56. The second-order valence-corrected chi connectivity index (χ2v) is 9.98. The normalized spacial score (nSPS) is 14.3. The quantitative estimate of drug-likeness (QED) is 0.381. The van der Waals surface area contributed by atoms with Crippen LogP contribution in [0.3, 0.4) is 0 Å². The number of aromatic nitrogens is 3. The van der Waals surface area contributed by atoms with E-state index >= 15 is 0 Å². The van der Waals surface area contributed by atoms with E-state index in [0.717, 1.165) is 34.5 Å². The largest absolute Gasteiger partial charge is 0.489 e. The topological polar surface area (TPSA) is 51.1 Å². The van der Waals surface area contributed by atoms with Crippen molar-refractivity contribution in [2.75, 3.05) is 11.4 Å². The van der Waals surface area contributed by atoms with Gasteiger partial charge in [0.05, 0.1) is 22.1 Å². The summed E-state index contributed by atoms with van der Waals surface area (Å²) in [7, 11) is 0. The standard InChI is InChI=1S/C27H27ClF2N4O/c1-16-14-34(17(2)10-25(16)35-15-18-6-7-19(29)11-21(18)30)24-12-23(32-13-20(24)28)22-8-9-31-26(33-22)27(3,4)5/h6-13H,14-15H2,1-5H3. The van der Waals surface area contributed by atoms with Gasteiger partial charge in [0.25, 0.3) is 0 Å². The van der Waals surface area contributed by atoms with E-state index in [1.807, 2.05) is 32.1 Å². The summed E-state index contributed by atoms with van der Waals surface area (Å²) in [6.07, 6.45) is 5.26. The minimum absolute atomic E-state index is 0.00650. The van der Waals surface area contributed by atoms with Crippen molar-refractivity contribution in [1.82, 2.24) is 15.0 Å². The smallest absolute Gasteiger partial charge is 0.134 e. The van der Waals surface area contributed by atoms with Crippen LogP contribution in [-0.2, 0) is 16.8 Å². The highest BCUT2D eigenvalue weighted by Crippen LogP contribution is 2.35. The lowest BCUT2D eigenvalue weighted by Gasteiger charge is -2.31. The zero-order valence-corrected chi connectivity index (χ0v) is 21.1. The van der Waals surface area contributed by atoms with E-state index in [1.54, 1.807) is 12.4 Å². The molecular formula is C27H27ClF2N4O. The SMILES string of the molecule is CC1=CC(OCc2ccc(F)cc2F)=C(C)CN1c1cc(-c2ccnc(C(C)(C)C)n2)ncc1Cl. The van der Waals surface area contributed by atoms with Crippen molar-refractivity contribution < 1.29 is 13.5 Å². The average Bonchev–Trinajstić information content (AvgIpc) is 2.80. The molecule has 0 spiro atoms. The summed E-state index contributed by atoms with van der Waals surface area (Å²) in [5, 5.41) is 0.511. The average molecular weight is 497 g/mol. The highest BCUT2D eigenvalue weighted by molar-refractivity contribution is 6.33. The van der Waals surface area contributed by atoms with Gasteiger partial charge in [0.2, 0.25) is 0 Å². The Morgan fingerprint density at radius 1 is 1.06 bits per heavy atom. The van der Waals surface area contributed by atoms with Crippen molar-refractivity contribution in [2.24, 2.45) is 0 Å². The molecule has 1 aliphatic rings. The first-order valence-corrected chi connectivity index (χ1v) is 11.6. The Kier molecular flexibility index (Phi) is 6.90. The molecule has 5 nitrogen and oxygen atoms in total. The predicted molar refractivity (Wildman–Crippen MR) is 134 cm³/mol. The third-order valence-corrected chi connectivity index (χ3v) is 5.99. The van der Waals surface area contributed by atoms with Crippen LogP contribution in [0, 0.1) is 11.6 Å². The van der Waals surface area contributed by atoms with Gasteiger partial charge in [0, 0.05) is 41.7 Å². The molecule has 0 atom stereocenters. The van der Waals surface area contributed by atoms with Crippen LogP contribution in [-0.4, -0.2) is 21.5 Å². The van der Waals surface area contributed by atoms with Crippen molar-refractivity contribution >= 4 is 17.3 Å². The first-order chi connectivity index (χ1) is 16.5. The molecule has 1 aromatic carbocycles. The van der Waals surface area contributed by atoms with E-state index in [9.17, 15) is 8.78 Å². The molecule has 8 heteroatoms. The van der Waals surface area contributed by atoms with E-state index in [2.05, 4.69) is 35.6 Å². The van der Waals surface area contributed by atoms with Crippen LogP contribution in [0.25, 0.3) is 11.4 Å². The molecule has 2 aromatic heterocycles. The van der Waals surface area contributed by atoms with Crippen LogP contribution in [0.1, 0.15) is 46.0 Å². The number of anilines is 1. The van der Waals surface area contributed by atoms with E-state index in [4.69, 9.17) is 21.3 Å². The highest BCUT2D eigenvalue weighted by atomic mass is 35.5. The van der Waals surface area contributed by atoms with Crippen LogP contribution in [0.4, 0.5) is 14.5 Å². The number of rotatable bonds is 5. The fourth-order valence-corrected chi connectivity index (χ4v) is 3.91. The zero-order valence-electron chi connectivity index (χ0n) is 20.4. The van der Waals surface area contributed by atoms with Crippen LogP contribution in [0.5, 0.6) is 0 Å². The maximum atomic E-state index is 14.0. The van der Waals surface area contributed by atoms with Crippen LogP contribution < -0.4 is 4.90 Å². The molecule has 0 saturated carbocycles. The van der Waals surface area contributed by atoms with E-state index < -0.39 is 11.6 Å². The van der Waals surface area contributed by atoms with Gasteiger partial charge in [-0.05, 0) is 49.8 Å². The highest BCUT2D eigenvalue weighted by Gasteiger charge is 2.22. The Bertz CT molecular complexity index is 1330. The summed E-state index contributed by atoms with van der Waals surface area (Å²) in [6, 6.07) is 7.22. The number of allylic oxidation sites excluding steroid dienone is 2. The van der Waals surface area contributed by atoms with Gasteiger partial charge in [-0.25, -0.2) is 18.7 Å². The Hall–Kier alpha value is -3.32. The maximum Gasteiger partial charge on any atom is 0.134 e. The number of halogens is 3. The lowest BCUT2D eigenvalue weighted by atomic mass is 9.95. The van der Waals surface area contributed by atoms with Gasteiger partial charge < -0.3 is 9.64 Å². The van der Waals surface area contributed by atoms with Gasteiger partial charge in [0.1, 0.15) is 29.8 Å². The maximum absolute atomic E-state index is 14.0. The molecule has 0 amide bonds. The van der Waals surface area contributed by atoms with Gasteiger partial charge in [-0.15, -0.1) is 0 Å². The molecule has 4 rings (SSSR count). The molecule has 0 bridgehead atoms. The number of pyridine rings is 1. The lowest BCUT2D eigenvalue weighted by Crippen LogP contribution is -2.27. The molecule has 3 aromatic rings. The van der Waals surface area contributed by atoms with E-state index in [0.29, 0.717) is 28.6 Å². The molecule has 0 radical (unpaired) electrons. The van der Waals surface area contributed by atoms with Crippen LogP contribution in [0.2, 0.25) is 5.02 Å². The van der Waals surface area contributed by atoms with Crippen molar-refractivity contribution in [3.63, 3.8) is 0 Å². The number of ether oxygens (including phenoxy) is 1. The van der Waals surface area contributed by atoms with Crippen LogP contribution in [0.15, 0.2) is 65.8 Å². The molecule has 35 heavy (non-hydrogen) atoms. The molecule has 0 saturated heterocycles. The molecular weight excluding hydrogens is 470 g/mol. The number of hydrogen-bond donors (Lipinski definition) is 0. The fraction of sp³-hybridized carbons (Fsp3) is 0.296. The third kappa shape index (κ3) is 5.51. The Morgan fingerprint density at radius 2 is 1.83 bits per heavy atom. The van der Waals surface area contributed by atoms with Gasteiger partial charge in [-0.2, -0.15) is 0 Å². The van der Waals surface area contributed by atoms with Gasteiger partial charge >= 0.3 is 0 Å². The van der Waals surface area contributed by atoms with Crippen molar-refractivity contribution in [3.05, 3.63) is 93.9 Å². The minimum Gasteiger partial charge on any atom is -0.489 e. The van der Waals surface area contributed by atoms with Crippen molar-refractivity contribution in [3.8, 4) is 11.4 Å². The molecule has 182 valence electrons. The molecule has 1 aliphatic heterocycles. The molecule has 0 fully saturated rings. The second kappa shape index (κ2) is 9.74. The number of benzene rings is 1. The van der Waals surface area contributed by atoms with Gasteiger partial charge in [-0.1, -0.05) is 32.4 Å². The van der Waals surface area contributed by atoms with Gasteiger partial charge in [-0.3, -0.25) is 4.98 Å². The molecule has 3 heterocycles. The molecule has 0 N–H and O–H groups in total. The third-order valence-electron chi connectivity index (χ3n) is 5.69. The predicted octanol–water partition coefficient (Wildman–Crippen LogP) is 6.98.